The van der Waals surface area contributed by atoms with E-state index in [1.54, 1.807) is 19.2 Å². The summed E-state index contributed by atoms with van der Waals surface area (Å²) in [5, 5.41) is 5.73. The van der Waals surface area contributed by atoms with Crippen molar-refractivity contribution in [3.05, 3.63) is 71.3 Å². The van der Waals surface area contributed by atoms with Gasteiger partial charge >= 0.3 is 0 Å². The van der Waals surface area contributed by atoms with Crippen LogP contribution in [0.5, 0.6) is 0 Å². The summed E-state index contributed by atoms with van der Waals surface area (Å²) in [7, 11) is 1.65. The van der Waals surface area contributed by atoms with Crippen LogP contribution in [0.3, 0.4) is 0 Å². The zero-order valence-corrected chi connectivity index (χ0v) is 14.6. The first-order valence-corrected chi connectivity index (χ1v) is 8.28. The van der Waals surface area contributed by atoms with Crippen LogP contribution >= 0.6 is 0 Å². The van der Waals surface area contributed by atoms with Gasteiger partial charge in [-0.3, -0.25) is 9.59 Å². The van der Waals surface area contributed by atoms with Crippen LogP contribution in [0.2, 0.25) is 0 Å². The molecule has 0 aliphatic carbocycles. The molecule has 2 rings (SSSR count). The number of benzene rings is 2. The Labute approximate surface area is 148 Å². The molecule has 5 nitrogen and oxygen atoms in total. The van der Waals surface area contributed by atoms with E-state index in [1.165, 1.54) is 0 Å². The SMILES string of the molecule is COCc1ccccc1CNC(=O)CC(C)NC(=O)c1ccccc1. The minimum absolute atomic E-state index is 0.104. The van der Waals surface area contributed by atoms with Gasteiger partial charge in [-0.15, -0.1) is 0 Å². The summed E-state index contributed by atoms with van der Waals surface area (Å²) >= 11 is 0. The van der Waals surface area contributed by atoms with Gasteiger partial charge in [-0.25, -0.2) is 0 Å². The molecule has 0 aromatic heterocycles. The second kappa shape index (κ2) is 9.59. The van der Waals surface area contributed by atoms with Crippen molar-refractivity contribution in [1.29, 1.82) is 0 Å². The van der Waals surface area contributed by atoms with Gasteiger partial charge in [0.05, 0.1) is 6.61 Å². The standard InChI is InChI=1S/C20H24N2O3/c1-15(22-20(24)16-8-4-3-5-9-16)12-19(23)21-13-17-10-6-7-11-18(17)14-25-2/h3-11,15H,12-14H2,1-2H3,(H,21,23)(H,22,24). The first-order valence-electron chi connectivity index (χ1n) is 8.28. The molecule has 1 atom stereocenters. The van der Waals surface area contributed by atoms with Crippen molar-refractivity contribution in [2.75, 3.05) is 7.11 Å². The van der Waals surface area contributed by atoms with Crippen molar-refractivity contribution in [3.8, 4) is 0 Å². The van der Waals surface area contributed by atoms with Gasteiger partial charge in [-0.2, -0.15) is 0 Å². The van der Waals surface area contributed by atoms with Crippen LogP contribution in [0.25, 0.3) is 0 Å². The third kappa shape index (κ3) is 6.04. The van der Waals surface area contributed by atoms with Crippen molar-refractivity contribution in [2.45, 2.75) is 32.5 Å². The molecule has 2 N–H and O–H groups in total. The third-order valence-electron chi connectivity index (χ3n) is 3.80. The molecule has 0 saturated carbocycles. The van der Waals surface area contributed by atoms with Crippen LogP contribution in [-0.4, -0.2) is 25.0 Å². The van der Waals surface area contributed by atoms with E-state index < -0.39 is 0 Å². The fourth-order valence-electron chi connectivity index (χ4n) is 2.52. The molecular formula is C20H24N2O3. The zero-order chi connectivity index (χ0) is 18.1. The first-order chi connectivity index (χ1) is 12.1. The van der Waals surface area contributed by atoms with E-state index in [0.717, 1.165) is 11.1 Å². The van der Waals surface area contributed by atoms with Gasteiger partial charge in [0, 0.05) is 31.7 Å². The van der Waals surface area contributed by atoms with Gasteiger partial charge in [0.1, 0.15) is 0 Å². The molecule has 0 saturated heterocycles. The summed E-state index contributed by atoms with van der Waals surface area (Å²) in [5.74, 6) is -0.278. The molecule has 5 heteroatoms. The predicted octanol–water partition coefficient (Wildman–Crippen LogP) is 2.66. The van der Waals surface area contributed by atoms with Crippen LogP contribution in [0.1, 0.15) is 34.8 Å². The minimum atomic E-state index is -0.248. The summed E-state index contributed by atoms with van der Waals surface area (Å²) in [6.07, 6.45) is 0.227. The molecule has 2 amide bonds. The van der Waals surface area contributed by atoms with Crippen molar-refractivity contribution in [2.24, 2.45) is 0 Å². The smallest absolute Gasteiger partial charge is 0.251 e. The third-order valence-corrected chi connectivity index (χ3v) is 3.80. The number of ether oxygens (including phenoxy) is 1. The first kappa shape index (κ1) is 18.7. The van der Waals surface area contributed by atoms with E-state index in [2.05, 4.69) is 10.6 Å². The highest BCUT2D eigenvalue weighted by Gasteiger charge is 2.13. The van der Waals surface area contributed by atoms with E-state index >= 15 is 0 Å². The van der Waals surface area contributed by atoms with Crippen molar-refractivity contribution in [1.82, 2.24) is 10.6 Å². The topological polar surface area (TPSA) is 67.4 Å². The maximum Gasteiger partial charge on any atom is 0.251 e. The molecule has 0 fully saturated rings. The second-order valence-corrected chi connectivity index (χ2v) is 5.92. The average molecular weight is 340 g/mol. The Balaban J connectivity index is 1.81. The number of nitrogens with one attached hydrogen (secondary N) is 2. The molecule has 2 aromatic carbocycles. The molecule has 2 aromatic rings. The normalized spacial score (nSPS) is 11.6. The van der Waals surface area contributed by atoms with Gasteiger partial charge in [0.2, 0.25) is 5.91 Å². The summed E-state index contributed by atoms with van der Waals surface area (Å²) in [4.78, 5) is 24.2. The summed E-state index contributed by atoms with van der Waals surface area (Å²) in [6.45, 7) is 2.77. The van der Waals surface area contributed by atoms with Crippen molar-refractivity contribution in [3.63, 3.8) is 0 Å². The highest BCUT2D eigenvalue weighted by molar-refractivity contribution is 5.94. The lowest BCUT2D eigenvalue weighted by atomic mass is 10.1. The van der Waals surface area contributed by atoms with Crippen LogP contribution in [-0.2, 0) is 22.7 Å². The summed E-state index contributed by atoms with van der Waals surface area (Å²) in [6, 6.07) is 16.5. The van der Waals surface area contributed by atoms with E-state index in [-0.39, 0.29) is 24.3 Å². The largest absolute Gasteiger partial charge is 0.380 e. The Morgan fingerprint density at radius 2 is 1.64 bits per heavy atom. The quantitative estimate of drug-likeness (QED) is 0.776. The number of carbonyl (C=O) groups is 2. The van der Waals surface area contributed by atoms with E-state index in [9.17, 15) is 9.59 Å². The highest BCUT2D eigenvalue weighted by Crippen LogP contribution is 2.09. The fraction of sp³-hybridized carbons (Fsp3) is 0.300. The molecule has 0 radical (unpaired) electrons. The molecule has 0 aliphatic rings. The Hall–Kier alpha value is -2.66. The monoisotopic (exact) mass is 340 g/mol. The van der Waals surface area contributed by atoms with Gasteiger partial charge in [-0.05, 0) is 30.2 Å². The fourth-order valence-corrected chi connectivity index (χ4v) is 2.52. The lowest BCUT2D eigenvalue weighted by Crippen LogP contribution is -2.37. The zero-order valence-electron chi connectivity index (χ0n) is 14.6. The number of methoxy groups -OCH3 is 1. The van der Waals surface area contributed by atoms with Gasteiger partial charge < -0.3 is 15.4 Å². The molecular weight excluding hydrogens is 316 g/mol. The molecule has 1 unspecified atom stereocenters. The molecule has 25 heavy (non-hydrogen) atoms. The van der Waals surface area contributed by atoms with Gasteiger partial charge in [0.25, 0.3) is 5.91 Å². The number of carbonyl (C=O) groups excluding carboxylic acids is 2. The van der Waals surface area contributed by atoms with Crippen molar-refractivity contribution >= 4 is 11.8 Å². The van der Waals surface area contributed by atoms with Gasteiger partial charge in [0.15, 0.2) is 0 Å². The number of amides is 2. The van der Waals surface area contributed by atoms with Crippen molar-refractivity contribution < 1.29 is 14.3 Å². The minimum Gasteiger partial charge on any atom is -0.380 e. The molecule has 132 valence electrons. The Morgan fingerprint density at radius 1 is 1.00 bits per heavy atom. The maximum atomic E-state index is 12.1. The summed E-state index contributed by atoms with van der Waals surface area (Å²) in [5.41, 5.74) is 2.66. The molecule has 0 heterocycles. The summed E-state index contributed by atoms with van der Waals surface area (Å²) < 4.78 is 5.17. The number of hydrogen-bond donors (Lipinski definition) is 2. The Bertz CT molecular complexity index is 701. The van der Waals surface area contributed by atoms with E-state index in [1.807, 2.05) is 49.4 Å². The maximum absolute atomic E-state index is 12.1. The van der Waals surface area contributed by atoms with Crippen LogP contribution in [0.4, 0.5) is 0 Å². The molecule has 0 aliphatic heterocycles. The van der Waals surface area contributed by atoms with E-state index in [0.29, 0.717) is 18.7 Å². The van der Waals surface area contributed by atoms with Crippen LogP contribution in [0, 0.1) is 0 Å². The number of rotatable bonds is 8. The van der Waals surface area contributed by atoms with E-state index in [4.69, 9.17) is 4.74 Å². The van der Waals surface area contributed by atoms with Crippen LogP contribution in [0.15, 0.2) is 54.6 Å². The second-order valence-electron chi connectivity index (χ2n) is 5.92. The molecule has 0 bridgehead atoms. The number of hydrogen-bond acceptors (Lipinski definition) is 3. The highest BCUT2D eigenvalue weighted by atomic mass is 16.5. The van der Waals surface area contributed by atoms with Gasteiger partial charge in [-0.1, -0.05) is 42.5 Å². The Morgan fingerprint density at radius 3 is 2.32 bits per heavy atom. The Kier molecular flexibility index (Phi) is 7.16. The predicted molar refractivity (Wildman–Crippen MR) is 97.0 cm³/mol. The molecule has 0 spiro atoms. The lowest BCUT2D eigenvalue weighted by Gasteiger charge is -2.15. The lowest BCUT2D eigenvalue weighted by molar-refractivity contribution is -0.121. The average Bonchev–Trinajstić information content (AvgIpc) is 2.62. The van der Waals surface area contributed by atoms with Crippen LogP contribution < -0.4 is 10.6 Å².